The molecule has 1 heterocycles. The summed E-state index contributed by atoms with van der Waals surface area (Å²) in [7, 11) is 0. The fourth-order valence-electron chi connectivity index (χ4n) is 2.87. The maximum Gasteiger partial charge on any atom is 0.331 e. The summed E-state index contributed by atoms with van der Waals surface area (Å²) in [5, 5.41) is 2.00. The molecule has 7 heteroatoms. The molecule has 0 saturated carbocycles. The number of hydrogen-bond acceptors (Lipinski definition) is 6. The number of aliphatic imine (C=N–C) groups is 1. The van der Waals surface area contributed by atoms with E-state index < -0.39 is 12.1 Å². The SMILES string of the molecule is CS/C=C1/CCCCC(=O)OC(C)C/C(C)=C/C=C\C(=O)OC(/C=C(\C)Br)CC=N1. The normalized spacial score (nSPS) is 27.8. The molecule has 1 aliphatic heterocycles. The van der Waals surface area contributed by atoms with Crippen LogP contribution in [-0.4, -0.2) is 36.6 Å². The molecule has 0 aromatic rings. The van der Waals surface area contributed by atoms with Crippen molar-refractivity contribution in [1.82, 2.24) is 0 Å². The van der Waals surface area contributed by atoms with E-state index in [1.807, 2.05) is 44.6 Å². The smallest absolute Gasteiger partial charge is 0.331 e. The van der Waals surface area contributed by atoms with Crippen LogP contribution in [0.2, 0.25) is 0 Å². The Bertz CT molecular complexity index is 721. The van der Waals surface area contributed by atoms with Gasteiger partial charge in [0.1, 0.15) is 12.2 Å². The van der Waals surface area contributed by atoms with Crippen molar-refractivity contribution in [3.63, 3.8) is 0 Å². The van der Waals surface area contributed by atoms with Gasteiger partial charge in [0.25, 0.3) is 0 Å². The van der Waals surface area contributed by atoms with Crippen molar-refractivity contribution in [2.45, 2.75) is 71.5 Å². The highest BCUT2D eigenvalue weighted by molar-refractivity contribution is 9.11. The predicted molar refractivity (Wildman–Crippen MR) is 129 cm³/mol. The Morgan fingerprint density at radius 3 is 2.70 bits per heavy atom. The second kappa shape index (κ2) is 15.2. The summed E-state index contributed by atoms with van der Waals surface area (Å²) in [5.74, 6) is -0.592. The van der Waals surface area contributed by atoms with Gasteiger partial charge in [-0.1, -0.05) is 33.7 Å². The number of allylic oxidation sites excluding steroid dienone is 4. The fraction of sp³-hybridized carbons (Fsp3) is 0.522. The Balaban J connectivity index is 2.99. The molecule has 0 fully saturated rings. The summed E-state index contributed by atoms with van der Waals surface area (Å²) in [4.78, 5) is 28.8. The van der Waals surface area contributed by atoms with E-state index in [1.165, 1.54) is 6.08 Å². The molecule has 0 radical (unpaired) electrons. The van der Waals surface area contributed by atoms with Crippen LogP contribution in [-0.2, 0) is 19.1 Å². The van der Waals surface area contributed by atoms with Crippen molar-refractivity contribution < 1.29 is 19.1 Å². The predicted octanol–water partition coefficient (Wildman–Crippen LogP) is 6.26. The third-order valence-electron chi connectivity index (χ3n) is 4.15. The lowest BCUT2D eigenvalue weighted by atomic mass is 10.1. The van der Waals surface area contributed by atoms with Gasteiger partial charge in [0.05, 0.1) is 0 Å². The highest BCUT2D eigenvalue weighted by atomic mass is 79.9. The maximum atomic E-state index is 12.2. The molecule has 5 nitrogen and oxygen atoms in total. The molecule has 166 valence electrons. The Labute approximate surface area is 192 Å². The molecule has 1 rings (SSSR count). The van der Waals surface area contributed by atoms with Gasteiger partial charge < -0.3 is 9.47 Å². The van der Waals surface area contributed by atoms with E-state index in [2.05, 4.69) is 20.9 Å². The molecular formula is C23H32BrNO4S. The fourth-order valence-corrected chi connectivity index (χ4v) is 3.62. The van der Waals surface area contributed by atoms with Gasteiger partial charge in [-0.25, -0.2) is 4.79 Å². The second-order valence-corrected chi connectivity index (χ2v) is 9.16. The topological polar surface area (TPSA) is 65.0 Å². The number of hydrogen-bond donors (Lipinski definition) is 0. The monoisotopic (exact) mass is 497 g/mol. The van der Waals surface area contributed by atoms with Crippen molar-refractivity contribution in [1.29, 1.82) is 0 Å². The van der Waals surface area contributed by atoms with Gasteiger partial charge in [0.2, 0.25) is 0 Å². The third kappa shape index (κ3) is 12.9. The Morgan fingerprint density at radius 2 is 2.00 bits per heavy atom. The summed E-state index contributed by atoms with van der Waals surface area (Å²) in [5.41, 5.74) is 1.97. The van der Waals surface area contributed by atoms with E-state index in [4.69, 9.17) is 9.47 Å². The van der Waals surface area contributed by atoms with Crippen molar-refractivity contribution in [3.8, 4) is 0 Å². The number of esters is 2. The van der Waals surface area contributed by atoms with E-state index in [0.717, 1.165) is 35.0 Å². The number of rotatable bonds is 2. The molecule has 30 heavy (non-hydrogen) atoms. The van der Waals surface area contributed by atoms with Crippen LogP contribution in [0.15, 0.2) is 50.5 Å². The standard InChI is InChI=1S/C23H32BrNO4S/c1-17-8-7-11-23(27)29-21(15-18(2)24)12-13-25-20(16-30-4)9-5-6-10-22(26)28-19(3)14-17/h7-8,11,13,15-16,19,21H,5-6,9-10,12,14H2,1-4H3/b11-7-,17-8+,18-15+,20-16-,25-13?. The highest BCUT2D eigenvalue weighted by Gasteiger charge is 2.11. The van der Waals surface area contributed by atoms with Gasteiger partial charge in [-0.3, -0.25) is 9.79 Å². The molecule has 0 aromatic heterocycles. The summed E-state index contributed by atoms with van der Waals surface area (Å²) in [6, 6.07) is 0. The number of nitrogens with zero attached hydrogens (tertiary/aromatic N) is 1. The Kier molecular flexibility index (Phi) is 13.4. The molecule has 2 unspecified atom stereocenters. The molecule has 2 atom stereocenters. The number of carbonyl (C=O) groups excluding carboxylic acids is 2. The van der Waals surface area contributed by atoms with Crippen LogP contribution in [0, 0.1) is 0 Å². The van der Waals surface area contributed by atoms with Crippen LogP contribution in [0.5, 0.6) is 0 Å². The summed E-state index contributed by atoms with van der Waals surface area (Å²) >= 11 is 4.99. The quantitative estimate of drug-likeness (QED) is 0.421. The molecule has 1 aliphatic rings. The van der Waals surface area contributed by atoms with Crippen LogP contribution in [0.3, 0.4) is 0 Å². The summed E-state index contributed by atoms with van der Waals surface area (Å²) < 4.78 is 11.9. The second-order valence-electron chi connectivity index (χ2n) is 7.20. The number of thioether (sulfide) groups is 1. The molecule has 0 saturated heterocycles. The van der Waals surface area contributed by atoms with E-state index in [0.29, 0.717) is 19.3 Å². The minimum absolute atomic E-state index is 0.175. The van der Waals surface area contributed by atoms with Crippen LogP contribution in [0.25, 0.3) is 0 Å². The summed E-state index contributed by atoms with van der Waals surface area (Å²) in [6.45, 7) is 5.71. The highest BCUT2D eigenvalue weighted by Crippen LogP contribution is 2.16. The van der Waals surface area contributed by atoms with Crippen LogP contribution in [0.4, 0.5) is 0 Å². The number of carbonyl (C=O) groups is 2. The molecule has 0 spiro atoms. The molecule has 0 aromatic carbocycles. The molecule has 0 bridgehead atoms. The minimum atomic E-state index is -0.417. The van der Waals surface area contributed by atoms with Gasteiger partial charge in [-0.05, 0) is 62.3 Å². The Hall–Kier alpha value is -1.60. The van der Waals surface area contributed by atoms with Crippen molar-refractivity contribution >= 4 is 45.8 Å². The summed E-state index contributed by atoms with van der Waals surface area (Å²) in [6.07, 6.45) is 13.8. The number of ether oxygens (including phenoxy) is 2. The first-order valence-corrected chi connectivity index (χ1v) is 12.2. The van der Waals surface area contributed by atoms with Gasteiger partial charge in [0, 0.05) is 37.3 Å². The molecule has 0 amide bonds. The average molecular weight is 498 g/mol. The largest absolute Gasteiger partial charge is 0.462 e. The molecule has 0 N–H and O–H groups in total. The van der Waals surface area contributed by atoms with Gasteiger partial charge in [0.15, 0.2) is 0 Å². The first-order chi connectivity index (χ1) is 14.3. The number of halogens is 1. The zero-order valence-corrected chi connectivity index (χ0v) is 20.6. The third-order valence-corrected chi connectivity index (χ3v) is 4.92. The van der Waals surface area contributed by atoms with Gasteiger partial charge in [-0.15, -0.1) is 11.8 Å². The number of cyclic esters (lactones) is 2. The zero-order chi connectivity index (χ0) is 22.4. The first kappa shape index (κ1) is 26.4. The maximum absolute atomic E-state index is 12.2. The van der Waals surface area contributed by atoms with Crippen molar-refractivity contribution in [3.05, 3.63) is 45.5 Å². The van der Waals surface area contributed by atoms with Crippen LogP contribution >= 0.6 is 27.7 Å². The van der Waals surface area contributed by atoms with Gasteiger partial charge in [-0.2, -0.15) is 0 Å². The van der Waals surface area contributed by atoms with E-state index in [-0.39, 0.29) is 12.1 Å². The van der Waals surface area contributed by atoms with Crippen molar-refractivity contribution in [2.24, 2.45) is 4.99 Å². The lowest BCUT2D eigenvalue weighted by Crippen LogP contribution is -2.15. The Morgan fingerprint density at radius 1 is 1.27 bits per heavy atom. The van der Waals surface area contributed by atoms with Gasteiger partial charge >= 0.3 is 11.9 Å². The average Bonchev–Trinajstić information content (AvgIpc) is 2.63. The zero-order valence-electron chi connectivity index (χ0n) is 18.2. The van der Waals surface area contributed by atoms with E-state index in [9.17, 15) is 9.59 Å². The van der Waals surface area contributed by atoms with Crippen LogP contribution < -0.4 is 0 Å². The molecule has 0 aliphatic carbocycles. The van der Waals surface area contributed by atoms with E-state index >= 15 is 0 Å². The minimum Gasteiger partial charge on any atom is -0.462 e. The van der Waals surface area contributed by atoms with E-state index in [1.54, 1.807) is 24.1 Å². The van der Waals surface area contributed by atoms with Crippen LogP contribution in [0.1, 0.15) is 59.3 Å². The first-order valence-electron chi connectivity index (χ1n) is 10.1. The molecular weight excluding hydrogens is 466 g/mol. The lowest BCUT2D eigenvalue weighted by Gasteiger charge is -2.13. The van der Waals surface area contributed by atoms with Crippen molar-refractivity contribution in [2.75, 3.05) is 6.26 Å². The lowest BCUT2D eigenvalue weighted by molar-refractivity contribution is -0.148.